The summed E-state index contributed by atoms with van der Waals surface area (Å²) in [7, 11) is 0. The average Bonchev–Trinajstić information content (AvgIpc) is 1.86. The highest BCUT2D eigenvalue weighted by atomic mass is 32.1. The van der Waals surface area contributed by atoms with Crippen molar-refractivity contribution in [2.24, 2.45) is 0 Å². The quantitative estimate of drug-likeness (QED) is 0.520. The summed E-state index contributed by atoms with van der Waals surface area (Å²) in [6.45, 7) is 0. The molecule has 0 aliphatic rings. The Balaban J connectivity index is 0. The highest BCUT2D eigenvalue weighted by Crippen LogP contribution is 2.42. The molecule has 0 unspecified atom stereocenters. The van der Waals surface area contributed by atoms with Crippen molar-refractivity contribution >= 4 is 13.5 Å². The van der Waals surface area contributed by atoms with Crippen LogP contribution in [0.5, 0.6) is 0 Å². The largest absolute Gasteiger partial charge is 0.375 e. The molecule has 0 aromatic carbocycles. The highest BCUT2D eigenvalue weighted by molar-refractivity contribution is 7.37. The topological polar surface area (TPSA) is 0 Å². The minimum absolute atomic E-state index is 0. The highest BCUT2D eigenvalue weighted by Gasteiger charge is 2.68. The molecule has 0 heterocycles. The van der Waals surface area contributed by atoms with E-state index in [4.69, 9.17) is 0 Å². The molecule has 0 saturated carbocycles. The van der Waals surface area contributed by atoms with Gasteiger partial charge in [-0.05, 0) is 0 Å². The van der Waals surface area contributed by atoms with Crippen molar-refractivity contribution in [1.82, 2.24) is 0 Å². The molecule has 0 fully saturated rings. The second-order valence-corrected chi connectivity index (χ2v) is 1.85. The zero-order valence-electron chi connectivity index (χ0n) is 5.76. The van der Waals surface area contributed by atoms with E-state index in [-0.39, 0.29) is 13.5 Å². The molecular weight excluding hydrogens is 232 g/mol. The zero-order chi connectivity index (χ0) is 10.2. The lowest BCUT2D eigenvalue weighted by molar-refractivity contribution is -0.303. The number of alkyl halides is 8. The van der Waals surface area contributed by atoms with Gasteiger partial charge in [0.05, 0.1) is 0 Å². The Kier molecular flexibility index (Phi) is 5.09. The first-order valence-corrected chi connectivity index (χ1v) is 2.46. The van der Waals surface area contributed by atoms with E-state index in [0.29, 0.717) is 0 Å². The first kappa shape index (κ1) is 15.3. The predicted molar refractivity (Wildman–Crippen MR) is 33.5 cm³/mol. The fourth-order valence-corrected chi connectivity index (χ4v) is 0.291. The Hall–Kier alpha value is -0.210. The van der Waals surface area contributed by atoms with Crippen molar-refractivity contribution in [2.45, 2.75) is 24.7 Å². The van der Waals surface area contributed by atoms with Crippen LogP contribution in [-0.4, -0.2) is 24.7 Å². The Morgan fingerprint density at radius 2 is 0.769 bits per heavy atom. The van der Waals surface area contributed by atoms with Crippen molar-refractivity contribution in [3.05, 3.63) is 0 Å². The SMILES string of the molecule is FC(F)C(F)(F)C(F)(F)C(F)F.[SH3+]. The van der Waals surface area contributed by atoms with E-state index in [2.05, 4.69) is 0 Å². The number of hydrogen-bond donors (Lipinski definition) is 0. The number of rotatable bonds is 3. The van der Waals surface area contributed by atoms with Gasteiger partial charge in [0, 0.05) is 0 Å². The third kappa shape index (κ3) is 2.61. The number of hydrogen-bond acceptors (Lipinski definition) is 0. The summed E-state index contributed by atoms with van der Waals surface area (Å²) >= 11 is 0. The van der Waals surface area contributed by atoms with Crippen LogP contribution in [0, 0.1) is 0 Å². The summed E-state index contributed by atoms with van der Waals surface area (Å²) in [4.78, 5) is 0. The van der Waals surface area contributed by atoms with E-state index >= 15 is 0 Å². The van der Waals surface area contributed by atoms with E-state index in [1.807, 2.05) is 0 Å². The zero-order valence-corrected chi connectivity index (χ0v) is 6.91. The lowest BCUT2D eigenvalue weighted by atomic mass is 10.2. The van der Waals surface area contributed by atoms with Gasteiger partial charge in [0.25, 0.3) is 0 Å². The summed E-state index contributed by atoms with van der Waals surface area (Å²) in [6, 6.07) is 0. The second kappa shape index (κ2) is 4.34. The summed E-state index contributed by atoms with van der Waals surface area (Å²) < 4.78 is 90.8. The van der Waals surface area contributed by atoms with Crippen molar-refractivity contribution in [2.75, 3.05) is 0 Å². The molecule has 0 saturated heterocycles. The average molecular weight is 237 g/mol. The minimum atomic E-state index is -6.00. The molecule has 0 aliphatic heterocycles. The molecule has 0 N–H and O–H groups in total. The normalized spacial score (nSPS) is 13.4. The molecule has 0 bridgehead atoms. The maximum Gasteiger partial charge on any atom is 0.375 e. The maximum atomic E-state index is 11.6. The van der Waals surface area contributed by atoms with Gasteiger partial charge in [0.1, 0.15) is 0 Å². The third-order valence-corrected chi connectivity index (χ3v) is 0.993. The van der Waals surface area contributed by atoms with E-state index in [1.165, 1.54) is 0 Å². The summed E-state index contributed by atoms with van der Waals surface area (Å²) in [5.74, 6) is -12.0. The van der Waals surface area contributed by atoms with Crippen LogP contribution in [0.4, 0.5) is 35.1 Å². The Morgan fingerprint density at radius 1 is 0.615 bits per heavy atom. The molecule has 0 aliphatic carbocycles. The fourth-order valence-electron chi connectivity index (χ4n) is 0.291. The van der Waals surface area contributed by atoms with Gasteiger partial charge in [0.2, 0.25) is 0 Å². The molecular formula is C4H5F8S+. The summed E-state index contributed by atoms with van der Waals surface area (Å²) in [5.41, 5.74) is 0. The Morgan fingerprint density at radius 3 is 0.846 bits per heavy atom. The van der Waals surface area contributed by atoms with E-state index in [9.17, 15) is 35.1 Å². The Bertz CT molecular complexity index is 136. The second-order valence-electron chi connectivity index (χ2n) is 1.85. The molecule has 0 aromatic heterocycles. The van der Waals surface area contributed by atoms with Crippen molar-refractivity contribution < 1.29 is 35.1 Å². The molecule has 13 heavy (non-hydrogen) atoms. The van der Waals surface area contributed by atoms with Crippen LogP contribution < -0.4 is 0 Å². The molecule has 0 spiro atoms. The molecule has 0 aromatic rings. The van der Waals surface area contributed by atoms with E-state index in [0.717, 1.165) is 0 Å². The van der Waals surface area contributed by atoms with Gasteiger partial charge in [-0.3, -0.25) is 0 Å². The maximum absolute atomic E-state index is 11.6. The van der Waals surface area contributed by atoms with Crippen LogP contribution >= 0.6 is 0 Å². The smallest absolute Gasteiger partial charge is 0.203 e. The van der Waals surface area contributed by atoms with Crippen molar-refractivity contribution in [1.29, 1.82) is 0 Å². The van der Waals surface area contributed by atoms with Crippen LogP contribution in [0.15, 0.2) is 0 Å². The Labute approximate surface area is 74.4 Å². The van der Waals surface area contributed by atoms with Crippen LogP contribution in [-0.2, 0) is 13.5 Å². The van der Waals surface area contributed by atoms with Gasteiger partial charge < -0.3 is 0 Å². The van der Waals surface area contributed by atoms with E-state index in [1.54, 1.807) is 0 Å². The van der Waals surface area contributed by atoms with Crippen LogP contribution in [0.3, 0.4) is 0 Å². The fraction of sp³-hybridized carbons (Fsp3) is 1.00. The molecule has 0 nitrogen and oxygen atoms in total. The van der Waals surface area contributed by atoms with Gasteiger partial charge in [-0.25, -0.2) is 17.6 Å². The minimum Gasteiger partial charge on any atom is -0.203 e. The first-order chi connectivity index (χ1) is 5.14. The van der Waals surface area contributed by atoms with E-state index < -0.39 is 24.7 Å². The molecule has 0 amide bonds. The van der Waals surface area contributed by atoms with Crippen LogP contribution in [0.25, 0.3) is 0 Å². The summed E-state index contributed by atoms with van der Waals surface area (Å²) in [5, 5.41) is 0. The van der Waals surface area contributed by atoms with Crippen LogP contribution in [0.1, 0.15) is 0 Å². The molecule has 0 radical (unpaired) electrons. The van der Waals surface area contributed by atoms with Gasteiger partial charge in [-0.2, -0.15) is 17.6 Å². The van der Waals surface area contributed by atoms with Gasteiger partial charge >= 0.3 is 24.7 Å². The van der Waals surface area contributed by atoms with Crippen LogP contribution in [0.2, 0.25) is 0 Å². The monoisotopic (exact) mass is 237 g/mol. The molecule has 0 rings (SSSR count). The molecule has 0 atom stereocenters. The van der Waals surface area contributed by atoms with Gasteiger partial charge in [-0.15, -0.1) is 0 Å². The molecule has 82 valence electrons. The molecule has 9 heteroatoms. The first-order valence-electron chi connectivity index (χ1n) is 2.46. The van der Waals surface area contributed by atoms with Crippen molar-refractivity contribution in [3.8, 4) is 0 Å². The third-order valence-electron chi connectivity index (χ3n) is 0.993. The predicted octanol–water partition coefficient (Wildman–Crippen LogP) is 1.98. The van der Waals surface area contributed by atoms with Gasteiger partial charge in [0.15, 0.2) is 0 Å². The van der Waals surface area contributed by atoms with Gasteiger partial charge in [-0.1, -0.05) is 13.5 Å². The van der Waals surface area contributed by atoms with Crippen molar-refractivity contribution in [3.63, 3.8) is 0 Å². The standard InChI is InChI=1S/C4H2F8.H2S/c5-1(6)3(9,10)4(11,12)2(7)8;/h1-2H;1H2/p+1. The summed E-state index contributed by atoms with van der Waals surface area (Å²) in [6.07, 6.45) is -9.64. The lowest BCUT2D eigenvalue weighted by Crippen LogP contribution is -2.51. The number of halogens is 8. The lowest BCUT2D eigenvalue weighted by Gasteiger charge is -2.24.